The molecule has 0 aliphatic carbocycles. The van der Waals surface area contributed by atoms with E-state index in [1.807, 2.05) is 24.3 Å². The number of carbonyl (C=O) groups is 2. The second-order valence-corrected chi connectivity index (χ2v) is 5.90. The van der Waals surface area contributed by atoms with E-state index in [4.69, 9.17) is 16.7 Å². The van der Waals surface area contributed by atoms with Crippen molar-refractivity contribution >= 4 is 44.9 Å². The van der Waals surface area contributed by atoms with Gasteiger partial charge in [-0.15, -0.1) is 11.3 Å². The third-order valence-electron chi connectivity index (χ3n) is 2.96. The van der Waals surface area contributed by atoms with E-state index < -0.39 is 5.97 Å². The molecule has 0 spiro atoms. The number of fused-ring (bicyclic) bond motifs is 1. The molecule has 0 unspecified atom stereocenters. The van der Waals surface area contributed by atoms with Gasteiger partial charge in [-0.2, -0.15) is 0 Å². The van der Waals surface area contributed by atoms with Gasteiger partial charge in [-0.3, -0.25) is 9.59 Å². The van der Waals surface area contributed by atoms with Gasteiger partial charge >= 0.3 is 5.97 Å². The van der Waals surface area contributed by atoms with Crippen molar-refractivity contribution in [2.75, 3.05) is 13.6 Å². The maximum Gasteiger partial charge on any atom is 0.303 e. The summed E-state index contributed by atoms with van der Waals surface area (Å²) in [6.45, 7) is 0.399. The lowest BCUT2D eigenvalue weighted by Gasteiger charge is -2.15. The average Bonchev–Trinajstić information content (AvgIpc) is 2.75. The zero-order valence-corrected chi connectivity index (χ0v) is 12.5. The molecule has 1 heterocycles. The minimum absolute atomic E-state index is 0.0533. The van der Waals surface area contributed by atoms with Gasteiger partial charge in [-0.25, -0.2) is 0 Å². The van der Waals surface area contributed by atoms with Crippen molar-refractivity contribution in [3.05, 3.63) is 34.2 Å². The van der Waals surface area contributed by atoms with Crippen LogP contribution in [0.2, 0.25) is 5.02 Å². The third-order valence-corrected chi connectivity index (χ3v) is 4.62. The summed E-state index contributed by atoms with van der Waals surface area (Å²) in [4.78, 5) is 24.8. The van der Waals surface area contributed by atoms with Crippen LogP contribution in [0.15, 0.2) is 24.3 Å². The van der Waals surface area contributed by atoms with Gasteiger partial charge in [-0.1, -0.05) is 29.8 Å². The Kier molecular flexibility index (Phi) is 4.62. The largest absolute Gasteiger partial charge is 0.481 e. The summed E-state index contributed by atoms with van der Waals surface area (Å²) >= 11 is 7.61. The second kappa shape index (κ2) is 6.24. The van der Waals surface area contributed by atoms with E-state index in [9.17, 15) is 9.59 Å². The van der Waals surface area contributed by atoms with Crippen LogP contribution in [0.4, 0.5) is 0 Å². The van der Waals surface area contributed by atoms with Crippen LogP contribution in [-0.4, -0.2) is 35.5 Å². The fraction of sp³-hybridized carbons (Fsp3) is 0.286. The van der Waals surface area contributed by atoms with Crippen LogP contribution in [-0.2, 0) is 4.79 Å². The van der Waals surface area contributed by atoms with Gasteiger partial charge in [0.15, 0.2) is 0 Å². The summed E-state index contributed by atoms with van der Waals surface area (Å²) in [5.41, 5.74) is 0. The van der Waals surface area contributed by atoms with Crippen molar-refractivity contribution in [3.63, 3.8) is 0 Å². The van der Waals surface area contributed by atoms with Gasteiger partial charge in [0.2, 0.25) is 0 Å². The first-order valence-electron chi connectivity index (χ1n) is 6.15. The Balaban J connectivity index is 2.14. The normalized spacial score (nSPS) is 10.7. The Morgan fingerprint density at radius 3 is 2.70 bits per heavy atom. The predicted molar refractivity (Wildman–Crippen MR) is 80.7 cm³/mol. The first-order valence-corrected chi connectivity index (χ1v) is 7.34. The van der Waals surface area contributed by atoms with Gasteiger partial charge in [0.05, 0.1) is 5.02 Å². The van der Waals surface area contributed by atoms with Crippen molar-refractivity contribution in [2.45, 2.75) is 12.8 Å². The number of hydrogen-bond acceptors (Lipinski definition) is 3. The highest BCUT2D eigenvalue weighted by atomic mass is 35.5. The maximum atomic E-state index is 12.3. The molecule has 2 aromatic rings. The number of halogens is 1. The molecule has 6 heteroatoms. The lowest BCUT2D eigenvalue weighted by Crippen LogP contribution is -2.27. The number of nitrogens with zero attached hydrogens (tertiary/aromatic N) is 1. The van der Waals surface area contributed by atoms with Crippen LogP contribution in [0, 0.1) is 0 Å². The van der Waals surface area contributed by atoms with Gasteiger partial charge < -0.3 is 10.0 Å². The SMILES string of the molecule is CN(CCCC(=O)O)C(=O)c1sc2ccccc2c1Cl. The molecule has 106 valence electrons. The van der Waals surface area contributed by atoms with Crippen LogP contribution in [0.3, 0.4) is 0 Å². The number of thiophene rings is 1. The number of carboxylic acids is 1. The molecular weight excluding hydrogens is 298 g/mol. The molecule has 0 saturated carbocycles. The number of amides is 1. The number of carbonyl (C=O) groups excluding carboxylic acids is 1. The summed E-state index contributed by atoms with van der Waals surface area (Å²) in [5, 5.41) is 9.95. The summed E-state index contributed by atoms with van der Waals surface area (Å²) in [6.07, 6.45) is 0.484. The van der Waals surface area contributed by atoms with E-state index in [1.165, 1.54) is 16.2 Å². The third kappa shape index (κ3) is 3.11. The molecule has 20 heavy (non-hydrogen) atoms. The molecule has 2 rings (SSSR count). The number of aliphatic carboxylic acids is 1. The molecule has 0 atom stereocenters. The fourth-order valence-electron chi connectivity index (χ4n) is 1.89. The van der Waals surface area contributed by atoms with E-state index in [-0.39, 0.29) is 12.3 Å². The highest BCUT2D eigenvalue weighted by Gasteiger charge is 2.20. The Morgan fingerprint density at radius 2 is 2.05 bits per heavy atom. The van der Waals surface area contributed by atoms with Crippen LogP contribution < -0.4 is 0 Å². The molecule has 1 N–H and O–H groups in total. The minimum Gasteiger partial charge on any atom is -0.481 e. The molecule has 1 aromatic carbocycles. The highest BCUT2D eigenvalue weighted by molar-refractivity contribution is 7.21. The van der Waals surface area contributed by atoms with Crippen LogP contribution in [0.5, 0.6) is 0 Å². The summed E-state index contributed by atoms with van der Waals surface area (Å²) in [5.74, 6) is -1.02. The number of hydrogen-bond donors (Lipinski definition) is 1. The fourth-order valence-corrected chi connectivity index (χ4v) is 3.40. The minimum atomic E-state index is -0.856. The van der Waals surface area contributed by atoms with E-state index in [0.717, 1.165) is 10.1 Å². The van der Waals surface area contributed by atoms with E-state index in [2.05, 4.69) is 0 Å². The van der Waals surface area contributed by atoms with Crippen LogP contribution >= 0.6 is 22.9 Å². The average molecular weight is 312 g/mol. The summed E-state index contributed by atoms with van der Waals surface area (Å²) in [7, 11) is 1.66. The lowest BCUT2D eigenvalue weighted by molar-refractivity contribution is -0.137. The van der Waals surface area contributed by atoms with Crippen molar-refractivity contribution in [1.82, 2.24) is 4.90 Å². The summed E-state index contributed by atoms with van der Waals surface area (Å²) < 4.78 is 0.972. The van der Waals surface area contributed by atoms with Crippen molar-refractivity contribution in [3.8, 4) is 0 Å². The maximum absolute atomic E-state index is 12.3. The molecule has 4 nitrogen and oxygen atoms in total. The molecule has 0 fully saturated rings. The Morgan fingerprint density at radius 1 is 1.35 bits per heavy atom. The standard InChI is InChI=1S/C14H14ClNO3S/c1-16(8-4-7-11(17)18)14(19)13-12(15)9-5-2-3-6-10(9)20-13/h2-3,5-6H,4,7-8H2,1H3,(H,17,18). The zero-order chi connectivity index (χ0) is 14.7. The van der Waals surface area contributed by atoms with E-state index >= 15 is 0 Å². The molecule has 0 saturated heterocycles. The lowest BCUT2D eigenvalue weighted by atomic mass is 10.2. The van der Waals surface area contributed by atoms with Gasteiger partial charge in [0.1, 0.15) is 4.88 Å². The Hall–Kier alpha value is -1.59. The second-order valence-electron chi connectivity index (χ2n) is 4.47. The van der Waals surface area contributed by atoms with Crippen molar-refractivity contribution in [1.29, 1.82) is 0 Å². The molecular formula is C14H14ClNO3S. The number of carboxylic acid groups (broad SMARTS) is 1. The monoisotopic (exact) mass is 311 g/mol. The van der Waals surface area contributed by atoms with Gasteiger partial charge in [0.25, 0.3) is 5.91 Å². The molecule has 1 aromatic heterocycles. The van der Waals surface area contributed by atoms with Gasteiger partial charge in [0, 0.05) is 30.1 Å². The smallest absolute Gasteiger partial charge is 0.303 e. The number of benzene rings is 1. The topological polar surface area (TPSA) is 57.6 Å². The highest BCUT2D eigenvalue weighted by Crippen LogP contribution is 2.35. The number of rotatable bonds is 5. The van der Waals surface area contributed by atoms with E-state index in [0.29, 0.717) is 22.9 Å². The van der Waals surface area contributed by atoms with Crippen LogP contribution in [0.1, 0.15) is 22.5 Å². The molecule has 0 radical (unpaired) electrons. The quantitative estimate of drug-likeness (QED) is 0.919. The molecule has 0 aliphatic heterocycles. The van der Waals surface area contributed by atoms with Crippen LogP contribution in [0.25, 0.3) is 10.1 Å². The zero-order valence-electron chi connectivity index (χ0n) is 10.9. The first kappa shape index (κ1) is 14.8. The molecule has 1 amide bonds. The molecule has 0 aliphatic rings. The Labute approximate surface area is 125 Å². The first-order chi connectivity index (χ1) is 9.50. The van der Waals surface area contributed by atoms with Crippen molar-refractivity contribution < 1.29 is 14.7 Å². The predicted octanol–water partition coefficient (Wildman–Crippen LogP) is 3.49. The van der Waals surface area contributed by atoms with E-state index in [1.54, 1.807) is 7.05 Å². The summed E-state index contributed by atoms with van der Waals surface area (Å²) in [6, 6.07) is 7.59. The van der Waals surface area contributed by atoms with Crippen molar-refractivity contribution in [2.24, 2.45) is 0 Å². The molecule has 0 bridgehead atoms. The Bertz CT molecular complexity index is 653. The van der Waals surface area contributed by atoms with Gasteiger partial charge in [-0.05, 0) is 12.5 Å².